The van der Waals surface area contributed by atoms with Gasteiger partial charge in [-0.05, 0) is 82.1 Å². The number of alkyl carbamates (subject to hydrolysis) is 1. The molecule has 3 rings (SSSR count). The van der Waals surface area contributed by atoms with Crippen LogP contribution in [0.2, 0.25) is 5.02 Å². The second kappa shape index (κ2) is 10.0. The van der Waals surface area contributed by atoms with E-state index in [0.717, 1.165) is 0 Å². The molecule has 1 aliphatic heterocycles. The molecule has 1 heterocycles. The number of likely N-dealkylation sites (tertiary alicyclic amines) is 1. The third-order valence-electron chi connectivity index (χ3n) is 5.01. The van der Waals surface area contributed by atoms with E-state index in [1.54, 1.807) is 49.9 Å². The number of carbonyl (C=O) groups is 2. The molecule has 0 spiro atoms. The molecule has 2 amide bonds. The van der Waals surface area contributed by atoms with Crippen LogP contribution in [0.3, 0.4) is 0 Å². The van der Waals surface area contributed by atoms with Crippen LogP contribution in [0.4, 0.5) is 10.5 Å². The summed E-state index contributed by atoms with van der Waals surface area (Å²) in [5, 5.41) is 3.35. The average Bonchev–Trinajstić information content (AvgIpc) is 2.74. The fourth-order valence-corrected chi connectivity index (χ4v) is 4.58. The smallest absolute Gasteiger partial charge is 0.407 e. The molecule has 0 atom stereocenters. The molecule has 2 aromatic carbocycles. The lowest BCUT2D eigenvalue weighted by Crippen LogP contribution is -2.47. The van der Waals surface area contributed by atoms with E-state index in [4.69, 9.17) is 16.3 Å². The largest absolute Gasteiger partial charge is 0.444 e. The van der Waals surface area contributed by atoms with E-state index in [9.17, 15) is 18.0 Å². The first-order chi connectivity index (χ1) is 15.4. The molecule has 0 saturated carbocycles. The maximum Gasteiger partial charge on any atom is 0.407 e. The van der Waals surface area contributed by atoms with Crippen molar-refractivity contribution in [2.75, 3.05) is 17.8 Å². The van der Waals surface area contributed by atoms with Crippen molar-refractivity contribution in [3.8, 4) is 0 Å². The predicted octanol–water partition coefficient (Wildman–Crippen LogP) is 4.27. The number of rotatable bonds is 5. The number of piperidine rings is 1. The van der Waals surface area contributed by atoms with Gasteiger partial charge in [0.15, 0.2) is 0 Å². The lowest BCUT2D eigenvalue weighted by Gasteiger charge is -2.33. The molecule has 1 aliphatic rings. The van der Waals surface area contributed by atoms with Gasteiger partial charge in [-0.15, -0.1) is 0 Å². The van der Waals surface area contributed by atoms with Crippen LogP contribution >= 0.6 is 11.6 Å². The van der Waals surface area contributed by atoms with Crippen LogP contribution in [0.5, 0.6) is 0 Å². The Morgan fingerprint density at radius 2 is 1.58 bits per heavy atom. The van der Waals surface area contributed by atoms with Crippen molar-refractivity contribution >= 4 is 39.3 Å². The van der Waals surface area contributed by atoms with Crippen molar-refractivity contribution in [2.24, 2.45) is 0 Å². The Hall–Kier alpha value is -2.78. The minimum Gasteiger partial charge on any atom is -0.444 e. The van der Waals surface area contributed by atoms with E-state index in [1.165, 1.54) is 24.3 Å². The number of hydrogen-bond acceptors (Lipinski definition) is 5. The molecular formula is C23H28ClN3O5S. The van der Waals surface area contributed by atoms with Crippen molar-refractivity contribution < 1.29 is 22.7 Å². The third-order valence-corrected chi connectivity index (χ3v) is 6.66. The Balaban J connectivity index is 1.56. The molecule has 0 unspecified atom stereocenters. The molecule has 178 valence electrons. The normalized spacial score (nSPS) is 15.1. The maximum atomic E-state index is 12.8. The van der Waals surface area contributed by atoms with E-state index in [1.807, 2.05) is 0 Å². The molecule has 1 fully saturated rings. The van der Waals surface area contributed by atoms with Gasteiger partial charge in [0, 0.05) is 35.4 Å². The summed E-state index contributed by atoms with van der Waals surface area (Å²) in [6, 6.07) is 12.1. The van der Waals surface area contributed by atoms with Gasteiger partial charge in [-0.1, -0.05) is 11.6 Å². The van der Waals surface area contributed by atoms with Gasteiger partial charge in [-0.2, -0.15) is 0 Å². The SMILES string of the molecule is CC(C)(C)OC(=O)NC1CCN(C(=O)c2ccc(S(=O)(=O)Nc3ccc(Cl)cc3)cc2)CC1. The van der Waals surface area contributed by atoms with Crippen molar-refractivity contribution in [1.29, 1.82) is 0 Å². The van der Waals surface area contributed by atoms with Crippen LogP contribution in [0.15, 0.2) is 53.4 Å². The number of halogens is 1. The average molecular weight is 494 g/mol. The summed E-state index contributed by atoms with van der Waals surface area (Å²) < 4.78 is 32.9. The summed E-state index contributed by atoms with van der Waals surface area (Å²) in [6.07, 6.45) is 0.765. The van der Waals surface area contributed by atoms with Crippen LogP contribution in [0.25, 0.3) is 0 Å². The molecule has 2 aromatic rings. The Morgan fingerprint density at radius 1 is 1.00 bits per heavy atom. The quantitative estimate of drug-likeness (QED) is 0.647. The molecule has 10 heteroatoms. The topological polar surface area (TPSA) is 105 Å². The van der Waals surface area contributed by atoms with Crippen molar-refractivity contribution in [1.82, 2.24) is 10.2 Å². The van der Waals surface area contributed by atoms with Crippen LogP contribution in [0, 0.1) is 0 Å². The highest BCUT2D eigenvalue weighted by molar-refractivity contribution is 7.92. The van der Waals surface area contributed by atoms with Gasteiger partial charge >= 0.3 is 6.09 Å². The summed E-state index contributed by atoms with van der Waals surface area (Å²) in [5.41, 5.74) is 0.228. The zero-order valence-corrected chi connectivity index (χ0v) is 20.4. The summed E-state index contributed by atoms with van der Waals surface area (Å²) in [6.45, 7) is 6.38. The second-order valence-corrected chi connectivity index (χ2v) is 11.0. The number of carbonyl (C=O) groups excluding carboxylic acids is 2. The standard InChI is InChI=1S/C23H28ClN3O5S/c1-23(2,3)32-22(29)25-18-12-14-27(15-13-18)21(28)16-4-10-20(11-5-16)33(30,31)26-19-8-6-17(24)7-9-19/h4-11,18,26H,12-15H2,1-3H3,(H,25,29). The Labute approximate surface area is 199 Å². The van der Waals surface area contributed by atoms with E-state index in [2.05, 4.69) is 10.0 Å². The summed E-state index contributed by atoms with van der Waals surface area (Å²) in [5.74, 6) is -0.180. The highest BCUT2D eigenvalue weighted by Gasteiger charge is 2.26. The Morgan fingerprint density at radius 3 is 2.12 bits per heavy atom. The highest BCUT2D eigenvalue weighted by Crippen LogP contribution is 2.20. The lowest BCUT2D eigenvalue weighted by atomic mass is 10.0. The lowest BCUT2D eigenvalue weighted by molar-refractivity contribution is 0.0473. The van der Waals surface area contributed by atoms with Crippen LogP contribution < -0.4 is 10.0 Å². The number of nitrogens with one attached hydrogen (secondary N) is 2. The Kier molecular flexibility index (Phi) is 7.54. The zero-order valence-electron chi connectivity index (χ0n) is 18.8. The number of sulfonamides is 1. The molecule has 0 aromatic heterocycles. The van der Waals surface area contributed by atoms with Crippen molar-refractivity contribution in [3.63, 3.8) is 0 Å². The number of anilines is 1. The maximum absolute atomic E-state index is 12.8. The molecule has 33 heavy (non-hydrogen) atoms. The van der Waals surface area contributed by atoms with E-state index < -0.39 is 21.7 Å². The van der Waals surface area contributed by atoms with Crippen molar-refractivity contribution in [2.45, 2.75) is 50.2 Å². The second-order valence-electron chi connectivity index (χ2n) is 8.85. The Bertz CT molecular complexity index is 1090. The number of hydrogen-bond donors (Lipinski definition) is 2. The first-order valence-electron chi connectivity index (χ1n) is 10.6. The fourth-order valence-electron chi connectivity index (χ4n) is 3.39. The predicted molar refractivity (Wildman–Crippen MR) is 127 cm³/mol. The van der Waals surface area contributed by atoms with E-state index >= 15 is 0 Å². The summed E-state index contributed by atoms with van der Waals surface area (Å²) in [4.78, 5) is 26.5. The van der Waals surface area contributed by atoms with Crippen LogP contribution in [0.1, 0.15) is 44.0 Å². The number of amides is 2. The first kappa shape index (κ1) is 24.9. The third kappa shape index (κ3) is 7.10. The van der Waals surface area contributed by atoms with Crippen LogP contribution in [-0.2, 0) is 14.8 Å². The van der Waals surface area contributed by atoms with Gasteiger partial charge in [0.2, 0.25) is 0 Å². The summed E-state index contributed by atoms with van der Waals surface area (Å²) >= 11 is 5.83. The van der Waals surface area contributed by atoms with Crippen LogP contribution in [-0.4, -0.2) is 50.1 Å². The highest BCUT2D eigenvalue weighted by atomic mass is 35.5. The molecular weight excluding hydrogens is 466 g/mol. The van der Waals surface area contributed by atoms with Gasteiger partial charge in [-0.3, -0.25) is 9.52 Å². The molecule has 0 bridgehead atoms. The number of ether oxygens (including phenoxy) is 1. The molecule has 2 N–H and O–H groups in total. The van der Waals surface area contributed by atoms with Crippen molar-refractivity contribution in [3.05, 3.63) is 59.1 Å². The van der Waals surface area contributed by atoms with Gasteiger partial charge < -0.3 is 15.0 Å². The zero-order chi connectivity index (χ0) is 24.2. The number of benzene rings is 2. The minimum absolute atomic E-state index is 0.0502. The van der Waals surface area contributed by atoms with Gasteiger partial charge in [0.05, 0.1) is 4.90 Å². The molecule has 1 saturated heterocycles. The van der Waals surface area contributed by atoms with Gasteiger partial charge in [0.25, 0.3) is 15.9 Å². The monoisotopic (exact) mass is 493 g/mol. The van der Waals surface area contributed by atoms with Gasteiger partial charge in [-0.25, -0.2) is 13.2 Å². The van der Waals surface area contributed by atoms with E-state index in [-0.39, 0.29) is 16.8 Å². The van der Waals surface area contributed by atoms with Gasteiger partial charge in [0.1, 0.15) is 5.60 Å². The molecule has 0 radical (unpaired) electrons. The summed E-state index contributed by atoms with van der Waals surface area (Å²) in [7, 11) is -3.80. The van der Waals surface area contributed by atoms with E-state index in [0.29, 0.717) is 42.2 Å². The minimum atomic E-state index is -3.80. The molecule has 8 nitrogen and oxygen atoms in total. The molecule has 0 aliphatic carbocycles. The first-order valence-corrected chi connectivity index (χ1v) is 12.5. The fraction of sp³-hybridized carbons (Fsp3) is 0.391. The number of nitrogens with zero attached hydrogens (tertiary/aromatic N) is 1.